The Kier molecular flexibility index (Phi) is 4.46. The molecule has 0 heterocycles. The number of para-hydroxylation sites is 1. The van der Waals surface area contributed by atoms with Gasteiger partial charge in [-0.15, -0.1) is 0 Å². The molecule has 0 bridgehead atoms. The molecule has 0 radical (unpaired) electrons. The zero-order valence-electron chi connectivity index (χ0n) is 12.7. The van der Waals surface area contributed by atoms with Gasteiger partial charge in [0.05, 0.1) is 6.10 Å². The van der Waals surface area contributed by atoms with Crippen molar-refractivity contribution in [3.8, 4) is 0 Å². The first-order valence-electron chi connectivity index (χ1n) is 7.12. The van der Waals surface area contributed by atoms with Gasteiger partial charge in [-0.3, -0.25) is 0 Å². The molecule has 0 fully saturated rings. The molecule has 20 heavy (non-hydrogen) atoms. The monoisotopic (exact) mass is 269 g/mol. The topological polar surface area (TPSA) is 23.5 Å². The molecule has 2 rings (SSSR count). The first-order valence-corrected chi connectivity index (χ1v) is 7.12. The Hall–Kier alpha value is -1.80. The summed E-state index contributed by atoms with van der Waals surface area (Å²) in [5, 5.41) is 10.2. The number of nitrogens with zero attached hydrogens (tertiary/aromatic N) is 1. The average Bonchev–Trinajstić information content (AvgIpc) is 2.46. The van der Waals surface area contributed by atoms with E-state index in [1.54, 1.807) is 0 Å². The van der Waals surface area contributed by atoms with Gasteiger partial charge in [-0.05, 0) is 38.0 Å². The van der Waals surface area contributed by atoms with Crippen molar-refractivity contribution >= 4 is 11.4 Å². The molecule has 0 aliphatic carbocycles. The molecule has 106 valence electrons. The van der Waals surface area contributed by atoms with Gasteiger partial charge in [0.1, 0.15) is 0 Å². The summed E-state index contributed by atoms with van der Waals surface area (Å²) in [4.78, 5) is 2.16. The fraction of sp³-hybridized carbons (Fsp3) is 0.333. The molecule has 1 N–H and O–H groups in total. The Morgan fingerprint density at radius 1 is 1.05 bits per heavy atom. The van der Waals surface area contributed by atoms with E-state index in [-0.39, 0.29) is 0 Å². The van der Waals surface area contributed by atoms with Crippen LogP contribution in [0.1, 0.15) is 36.1 Å². The maximum absolute atomic E-state index is 10.2. The van der Waals surface area contributed by atoms with Crippen LogP contribution in [0, 0.1) is 13.8 Å². The largest absolute Gasteiger partial charge is 0.388 e. The second-order valence-electron chi connectivity index (χ2n) is 5.33. The van der Waals surface area contributed by atoms with Gasteiger partial charge < -0.3 is 10.0 Å². The number of anilines is 2. The smallest absolute Gasteiger partial charge is 0.0807 e. The summed E-state index contributed by atoms with van der Waals surface area (Å²) < 4.78 is 0. The number of hydrogen-bond donors (Lipinski definition) is 1. The number of aliphatic hydroxyl groups is 1. The van der Waals surface area contributed by atoms with Crippen molar-refractivity contribution in [1.29, 1.82) is 0 Å². The summed E-state index contributed by atoms with van der Waals surface area (Å²) in [5.41, 5.74) is 5.73. The van der Waals surface area contributed by atoms with Crippen molar-refractivity contribution in [2.24, 2.45) is 0 Å². The van der Waals surface area contributed by atoms with Crippen molar-refractivity contribution in [2.45, 2.75) is 33.3 Å². The molecule has 0 aliphatic heterocycles. The van der Waals surface area contributed by atoms with E-state index in [1.807, 2.05) is 25.1 Å². The molecule has 2 heteroatoms. The minimum Gasteiger partial charge on any atom is -0.388 e. The van der Waals surface area contributed by atoms with E-state index >= 15 is 0 Å². The van der Waals surface area contributed by atoms with Gasteiger partial charge in [-0.2, -0.15) is 0 Å². The molecule has 0 unspecified atom stereocenters. The minimum atomic E-state index is -0.417. The molecule has 0 saturated heterocycles. The first-order chi connectivity index (χ1) is 9.54. The number of aliphatic hydroxyl groups excluding tert-OH is 1. The van der Waals surface area contributed by atoms with E-state index in [1.165, 1.54) is 16.8 Å². The normalized spacial score (nSPS) is 12.2. The third-order valence-corrected chi connectivity index (χ3v) is 3.76. The van der Waals surface area contributed by atoms with E-state index in [0.29, 0.717) is 0 Å². The standard InChI is InChI=1S/C18H23NO/c1-5-18(20)15-8-6-7-9-17(15)19(4)16-11-10-13(2)12-14(16)3/h6-12,18,20H,5H2,1-4H3/t18-/m1/s1. The van der Waals surface area contributed by atoms with Crippen molar-refractivity contribution < 1.29 is 5.11 Å². The summed E-state index contributed by atoms with van der Waals surface area (Å²) in [6, 6.07) is 14.5. The predicted octanol–water partition coefficient (Wildman–Crippen LogP) is 4.51. The molecule has 0 aliphatic rings. The molecule has 0 aromatic heterocycles. The lowest BCUT2D eigenvalue weighted by molar-refractivity contribution is 0.174. The maximum atomic E-state index is 10.2. The van der Waals surface area contributed by atoms with Gasteiger partial charge >= 0.3 is 0 Å². The zero-order valence-corrected chi connectivity index (χ0v) is 12.7. The van der Waals surface area contributed by atoms with Gasteiger partial charge in [-0.1, -0.05) is 42.8 Å². The molecule has 0 amide bonds. The molecular weight excluding hydrogens is 246 g/mol. The maximum Gasteiger partial charge on any atom is 0.0807 e. The SMILES string of the molecule is CC[C@@H](O)c1ccccc1N(C)c1ccc(C)cc1C. The van der Waals surface area contributed by atoms with Crippen molar-refractivity contribution in [3.05, 3.63) is 59.2 Å². The molecule has 2 aromatic rings. The van der Waals surface area contributed by atoms with Crippen LogP contribution < -0.4 is 4.90 Å². The van der Waals surface area contributed by atoms with Crippen LogP contribution in [0.5, 0.6) is 0 Å². The van der Waals surface area contributed by atoms with Gasteiger partial charge in [0.25, 0.3) is 0 Å². The first kappa shape index (κ1) is 14.6. The summed E-state index contributed by atoms with van der Waals surface area (Å²) in [6.45, 7) is 6.22. The van der Waals surface area contributed by atoms with Crippen LogP contribution in [0.3, 0.4) is 0 Å². The molecule has 1 atom stereocenters. The Balaban J connectivity index is 2.45. The van der Waals surface area contributed by atoms with Crippen LogP contribution in [-0.4, -0.2) is 12.2 Å². The highest BCUT2D eigenvalue weighted by Gasteiger charge is 2.15. The van der Waals surface area contributed by atoms with Crippen LogP contribution in [0.2, 0.25) is 0 Å². The number of aryl methyl sites for hydroxylation is 2. The fourth-order valence-corrected chi connectivity index (χ4v) is 2.61. The predicted molar refractivity (Wildman–Crippen MR) is 85.7 cm³/mol. The van der Waals surface area contributed by atoms with Crippen molar-refractivity contribution in [2.75, 3.05) is 11.9 Å². The Morgan fingerprint density at radius 2 is 1.75 bits per heavy atom. The lowest BCUT2D eigenvalue weighted by Crippen LogP contribution is -2.14. The van der Waals surface area contributed by atoms with E-state index in [0.717, 1.165) is 17.7 Å². The number of benzene rings is 2. The highest BCUT2D eigenvalue weighted by Crippen LogP contribution is 2.33. The van der Waals surface area contributed by atoms with E-state index in [4.69, 9.17) is 0 Å². The Bertz CT molecular complexity index is 592. The molecule has 2 aromatic carbocycles. The van der Waals surface area contributed by atoms with Crippen LogP contribution in [0.4, 0.5) is 11.4 Å². The van der Waals surface area contributed by atoms with Crippen LogP contribution >= 0.6 is 0 Å². The lowest BCUT2D eigenvalue weighted by atomic mass is 10.0. The average molecular weight is 269 g/mol. The number of rotatable bonds is 4. The fourth-order valence-electron chi connectivity index (χ4n) is 2.61. The second kappa shape index (κ2) is 6.10. The highest BCUT2D eigenvalue weighted by atomic mass is 16.3. The van der Waals surface area contributed by atoms with Crippen molar-refractivity contribution in [3.63, 3.8) is 0 Å². The van der Waals surface area contributed by atoms with Gasteiger partial charge in [0.15, 0.2) is 0 Å². The van der Waals surface area contributed by atoms with Crippen molar-refractivity contribution in [1.82, 2.24) is 0 Å². The summed E-state index contributed by atoms with van der Waals surface area (Å²) in [5.74, 6) is 0. The molecule has 0 saturated carbocycles. The lowest BCUT2D eigenvalue weighted by Gasteiger charge is -2.26. The van der Waals surface area contributed by atoms with Gasteiger partial charge in [0, 0.05) is 24.0 Å². The third kappa shape index (κ3) is 2.86. The summed E-state index contributed by atoms with van der Waals surface area (Å²) >= 11 is 0. The number of hydrogen-bond acceptors (Lipinski definition) is 2. The quantitative estimate of drug-likeness (QED) is 0.882. The highest BCUT2D eigenvalue weighted by molar-refractivity contribution is 5.69. The zero-order chi connectivity index (χ0) is 14.7. The van der Waals surface area contributed by atoms with Gasteiger partial charge in [-0.25, -0.2) is 0 Å². The Morgan fingerprint density at radius 3 is 2.40 bits per heavy atom. The summed E-state index contributed by atoms with van der Waals surface area (Å²) in [7, 11) is 2.05. The molecule has 2 nitrogen and oxygen atoms in total. The Labute approximate surface area is 121 Å². The van der Waals surface area contributed by atoms with E-state index < -0.39 is 6.10 Å². The minimum absolute atomic E-state index is 0.417. The van der Waals surface area contributed by atoms with Gasteiger partial charge in [0.2, 0.25) is 0 Å². The van der Waals surface area contributed by atoms with Crippen LogP contribution in [0.15, 0.2) is 42.5 Å². The van der Waals surface area contributed by atoms with E-state index in [2.05, 4.69) is 50.1 Å². The van der Waals surface area contributed by atoms with Crippen LogP contribution in [0.25, 0.3) is 0 Å². The second-order valence-corrected chi connectivity index (χ2v) is 5.33. The molecular formula is C18H23NO. The van der Waals surface area contributed by atoms with Crippen LogP contribution in [-0.2, 0) is 0 Å². The van der Waals surface area contributed by atoms with E-state index in [9.17, 15) is 5.11 Å². The summed E-state index contributed by atoms with van der Waals surface area (Å²) in [6.07, 6.45) is 0.303. The third-order valence-electron chi connectivity index (χ3n) is 3.76. The molecule has 0 spiro atoms.